The van der Waals surface area contributed by atoms with Crippen molar-refractivity contribution in [2.24, 2.45) is 0 Å². The molecule has 2 aromatic heterocycles. The summed E-state index contributed by atoms with van der Waals surface area (Å²) in [5.74, 6) is -0.915. The summed E-state index contributed by atoms with van der Waals surface area (Å²) in [6.45, 7) is 3.43. The van der Waals surface area contributed by atoms with Gasteiger partial charge in [-0.15, -0.1) is 0 Å². The number of amides is 1. The van der Waals surface area contributed by atoms with Crippen molar-refractivity contribution in [3.63, 3.8) is 0 Å². The van der Waals surface area contributed by atoms with Gasteiger partial charge in [-0.25, -0.2) is 9.78 Å². The Bertz CT molecular complexity index is 647. The lowest BCUT2D eigenvalue weighted by atomic mass is 10.2. The molecule has 0 aliphatic rings. The molecule has 2 aromatic rings. The summed E-state index contributed by atoms with van der Waals surface area (Å²) in [6, 6.07) is 6.93. The number of carboxylic acids is 1. The van der Waals surface area contributed by atoms with Crippen molar-refractivity contribution in [1.29, 1.82) is 0 Å². The Hall–Kier alpha value is -2.63. The molecule has 0 saturated heterocycles. The molecule has 0 bridgehead atoms. The Morgan fingerprint density at radius 1 is 1.35 bits per heavy atom. The summed E-state index contributed by atoms with van der Waals surface area (Å²) in [5, 5.41) is 11.8. The third-order valence-electron chi connectivity index (χ3n) is 2.93. The summed E-state index contributed by atoms with van der Waals surface area (Å²) in [5.41, 5.74) is 1.51. The van der Waals surface area contributed by atoms with Gasteiger partial charge in [-0.2, -0.15) is 0 Å². The van der Waals surface area contributed by atoms with E-state index < -0.39 is 5.97 Å². The molecule has 0 atom stereocenters. The highest BCUT2D eigenvalue weighted by molar-refractivity contribution is 5.92. The molecule has 1 amide bonds. The van der Waals surface area contributed by atoms with Crippen LogP contribution in [-0.4, -0.2) is 26.5 Å². The number of nitrogens with zero attached hydrogens (tertiary/aromatic N) is 2. The number of carbonyl (C=O) groups is 2. The first-order valence-corrected chi connectivity index (χ1v) is 6.10. The third-order valence-corrected chi connectivity index (χ3v) is 2.93. The number of aromatic nitrogens is 2. The molecule has 0 spiro atoms. The molecule has 6 nitrogen and oxygen atoms in total. The predicted octanol–water partition coefficient (Wildman–Crippen LogP) is 1.84. The van der Waals surface area contributed by atoms with Crippen LogP contribution in [0.4, 0.5) is 5.82 Å². The second-order valence-corrected chi connectivity index (χ2v) is 4.47. The quantitative estimate of drug-likeness (QED) is 0.890. The van der Waals surface area contributed by atoms with Gasteiger partial charge in [-0.05, 0) is 37.6 Å². The molecule has 20 heavy (non-hydrogen) atoms. The van der Waals surface area contributed by atoms with Gasteiger partial charge >= 0.3 is 5.97 Å². The van der Waals surface area contributed by atoms with Gasteiger partial charge in [0.05, 0.1) is 0 Å². The number of aryl methyl sites for hydroxylation is 2. The number of carbonyl (C=O) groups excluding carboxylic acids is 1. The van der Waals surface area contributed by atoms with Crippen molar-refractivity contribution in [2.45, 2.75) is 20.4 Å². The fourth-order valence-electron chi connectivity index (χ4n) is 2.10. The van der Waals surface area contributed by atoms with Gasteiger partial charge in [0.1, 0.15) is 18.1 Å². The number of nitrogens with one attached hydrogen (secondary N) is 1. The number of anilines is 1. The minimum absolute atomic E-state index is 0.0577. The van der Waals surface area contributed by atoms with Gasteiger partial charge in [-0.3, -0.25) is 4.79 Å². The maximum absolute atomic E-state index is 12.0. The second-order valence-electron chi connectivity index (χ2n) is 4.47. The SMILES string of the molecule is Cc1cc(C)n(CC(=O)Nc2ccccn2)c1C(=O)O. The minimum Gasteiger partial charge on any atom is -0.477 e. The summed E-state index contributed by atoms with van der Waals surface area (Å²) in [6.07, 6.45) is 1.57. The molecule has 2 N–H and O–H groups in total. The summed E-state index contributed by atoms with van der Waals surface area (Å²) < 4.78 is 1.48. The molecule has 0 aromatic carbocycles. The van der Waals surface area contributed by atoms with Crippen molar-refractivity contribution < 1.29 is 14.7 Å². The Balaban J connectivity index is 2.18. The molecule has 2 rings (SSSR count). The maximum Gasteiger partial charge on any atom is 0.352 e. The highest BCUT2D eigenvalue weighted by atomic mass is 16.4. The number of rotatable bonds is 4. The van der Waals surface area contributed by atoms with Gasteiger partial charge in [-0.1, -0.05) is 6.07 Å². The largest absolute Gasteiger partial charge is 0.477 e. The maximum atomic E-state index is 12.0. The van der Waals surface area contributed by atoms with Gasteiger partial charge in [0.25, 0.3) is 0 Å². The lowest BCUT2D eigenvalue weighted by Gasteiger charge is -2.09. The van der Waals surface area contributed by atoms with E-state index in [1.807, 2.05) is 0 Å². The van der Waals surface area contributed by atoms with E-state index in [1.165, 1.54) is 4.57 Å². The molecular weight excluding hydrogens is 258 g/mol. The van der Waals surface area contributed by atoms with Crippen LogP contribution in [0.2, 0.25) is 0 Å². The zero-order chi connectivity index (χ0) is 14.7. The third kappa shape index (κ3) is 2.85. The molecule has 0 unspecified atom stereocenters. The van der Waals surface area contributed by atoms with Crippen molar-refractivity contribution in [1.82, 2.24) is 9.55 Å². The molecule has 6 heteroatoms. The van der Waals surface area contributed by atoms with E-state index in [0.717, 1.165) is 5.69 Å². The van der Waals surface area contributed by atoms with Crippen molar-refractivity contribution in [3.05, 3.63) is 47.4 Å². The van der Waals surface area contributed by atoms with Crippen LogP contribution in [0.15, 0.2) is 30.5 Å². The zero-order valence-electron chi connectivity index (χ0n) is 11.3. The number of aromatic carboxylic acids is 1. The number of hydrogen-bond donors (Lipinski definition) is 2. The molecule has 2 heterocycles. The Labute approximate surface area is 116 Å². The van der Waals surface area contributed by atoms with Crippen LogP contribution in [-0.2, 0) is 11.3 Å². The van der Waals surface area contributed by atoms with E-state index in [4.69, 9.17) is 0 Å². The average Bonchev–Trinajstić information content (AvgIpc) is 2.65. The zero-order valence-corrected chi connectivity index (χ0v) is 11.3. The Morgan fingerprint density at radius 2 is 2.10 bits per heavy atom. The number of pyridine rings is 1. The lowest BCUT2D eigenvalue weighted by Crippen LogP contribution is -2.22. The van der Waals surface area contributed by atoms with E-state index in [0.29, 0.717) is 11.4 Å². The van der Waals surface area contributed by atoms with Gasteiger partial charge in [0.15, 0.2) is 0 Å². The molecule has 0 saturated carbocycles. The highest BCUT2D eigenvalue weighted by Gasteiger charge is 2.18. The smallest absolute Gasteiger partial charge is 0.352 e. The highest BCUT2D eigenvalue weighted by Crippen LogP contribution is 2.15. The lowest BCUT2D eigenvalue weighted by molar-refractivity contribution is -0.116. The first-order chi connectivity index (χ1) is 9.49. The van der Waals surface area contributed by atoms with Gasteiger partial charge in [0, 0.05) is 11.9 Å². The summed E-state index contributed by atoms with van der Waals surface area (Å²) >= 11 is 0. The van der Waals surface area contributed by atoms with Crippen LogP contribution >= 0.6 is 0 Å². The fourth-order valence-corrected chi connectivity index (χ4v) is 2.10. The minimum atomic E-state index is -1.04. The van der Waals surface area contributed by atoms with Gasteiger partial charge < -0.3 is 15.0 Å². The summed E-state index contributed by atoms with van der Waals surface area (Å²) in [7, 11) is 0. The molecule has 0 radical (unpaired) electrons. The van der Waals surface area contributed by atoms with Crippen LogP contribution in [0.3, 0.4) is 0 Å². The molecular formula is C14H15N3O3. The van der Waals surface area contributed by atoms with E-state index in [2.05, 4.69) is 10.3 Å². The predicted molar refractivity (Wildman–Crippen MR) is 73.7 cm³/mol. The van der Waals surface area contributed by atoms with E-state index in [1.54, 1.807) is 44.3 Å². The molecule has 0 aliphatic heterocycles. The molecule has 0 aliphatic carbocycles. The normalized spacial score (nSPS) is 10.3. The van der Waals surface area contributed by atoms with Crippen LogP contribution in [0.5, 0.6) is 0 Å². The number of hydrogen-bond acceptors (Lipinski definition) is 3. The molecule has 0 fully saturated rings. The summed E-state index contributed by atoms with van der Waals surface area (Å²) in [4.78, 5) is 27.2. The van der Waals surface area contributed by atoms with Crippen molar-refractivity contribution in [2.75, 3.05) is 5.32 Å². The van der Waals surface area contributed by atoms with E-state index >= 15 is 0 Å². The van der Waals surface area contributed by atoms with E-state index in [-0.39, 0.29) is 18.1 Å². The average molecular weight is 273 g/mol. The number of carboxylic acid groups (broad SMARTS) is 1. The van der Waals surface area contributed by atoms with Gasteiger partial charge in [0.2, 0.25) is 5.91 Å². The van der Waals surface area contributed by atoms with Crippen molar-refractivity contribution in [3.8, 4) is 0 Å². The van der Waals surface area contributed by atoms with E-state index in [9.17, 15) is 14.7 Å². The van der Waals surface area contributed by atoms with Crippen LogP contribution < -0.4 is 5.32 Å². The first kappa shape index (κ1) is 13.8. The second kappa shape index (κ2) is 5.56. The van der Waals surface area contributed by atoms with Crippen molar-refractivity contribution >= 4 is 17.7 Å². The van der Waals surface area contributed by atoms with Crippen LogP contribution in [0, 0.1) is 13.8 Å². The standard InChI is InChI=1S/C14H15N3O3/c1-9-7-10(2)17(13(9)14(19)20)8-12(18)16-11-5-3-4-6-15-11/h3-7H,8H2,1-2H3,(H,19,20)(H,15,16,18). The molecule has 104 valence electrons. The first-order valence-electron chi connectivity index (χ1n) is 6.10. The topological polar surface area (TPSA) is 84.2 Å². The van der Waals surface area contributed by atoms with Crippen LogP contribution in [0.1, 0.15) is 21.7 Å². The fraction of sp³-hybridized carbons (Fsp3) is 0.214. The van der Waals surface area contributed by atoms with Crippen LogP contribution in [0.25, 0.3) is 0 Å². The Kier molecular flexibility index (Phi) is 3.84. The Morgan fingerprint density at radius 3 is 2.70 bits per heavy atom. The monoisotopic (exact) mass is 273 g/mol.